The van der Waals surface area contributed by atoms with E-state index in [1.165, 1.54) is 23.4 Å². The van der Waals surface area contributed by atoms with Crippen LogP contribution in [0.2, 0.25) is 0 Å². The van der Waals surface area contributed by atoms with Gasteiger partial charge in [0.1, 0.15) is 0 Å². The summed E-state index contributed by atoms with van der Waals surface area (Å²) in [5.74, 6) is 1.65. The quantitative estimate of drug-likeness (QED) is 0.665. The molecule has 0 aromatic heterocycles. The van der Waals surface area contributed by atoms with E-state index in [1.807, 2.05) is 0 Å². The van der Waals surface area contributed by atoms with Crippen LogP contribution in [0.15, 0.2) is 58.2 Å². The lowest BCUT2D eigenvalue weighted by molar-refractivity contribution is 0.481. The summed E-state index contributed by atoms with van der Waals surface area (Å²) in [6.45, 7) is 0. The van der Waals surface area contributed by atoms with Gasteiger partial charge in [0.15, 0.2) is 0 Å². The molecule has 1 aromatic carbocycles. The highest BCUT2D eigenvalue weighted by Crippen LogP contribution is 2.55. The molecule has 2 heterocycles. The normalized spacial score (nSPS) is 34.1. The first kappa shape index (κ1) is 13.5. The second-order valence-electron chi connectivity index (χ2n) is 6.03. The van der Waals surface area contributed by atoms with Gasteiger partial charge < -0.3 is 0 Å². The topological polar surface area (TPSA) is 12.4 Å². The van der Waals surface area contributed by atoms with E-state index in [0.717, 1.165) is 11.5 Å². The monoisotopic (exact) mass is 315 g/mol. The molecule has 1 nitrogen and oxygen atoms in total. The average molecular weight is 316 g/mol. The highest BCUT2D eigenvalue weighted by Gasteiger charge is 2.48. The van der Waals surface area contributed by atoms with Crippen molar-refractivity contribution in [3.05, 3.63) is 58.8 Å². The van der Waals surface area contributed by atoms with E-state index in [2.05, 4.69) is 55.0 Å². The first-order chi connectivity index (χ1) is 10.2. The fourth-order valence-electron chi connectivity index (χ4n) is 3.85. The van der Waals surface area contributed by atoms with E-state index >= 15 is 0 Å². The highest BCUT2D eigenvalue weighted by atomic mass is 35.5. The number of nitrogens with zero attached hydrogens (tertiary/aromatic N) is 1. The minimum Gasteiger partial charge on any atom is -0.264 e. The predicted molar refractivity (Wildman–Crippen MR) is 94.8 cm³/mol. The van der Waals surface area contributed by atoms with Crippen LogP contribution in [-0.2, 0) is 0 Å². The summed E-state index contributed by atoms with van der Waals surface area (Å²) in [6.07, 6.45) is 11.0. The summed E-state index contributed by atoms with van der Waals surface area (Å²) in [5, 5.41) is 0.841. The number of hydrogen-bond donors (Lipinski definition) is 0. The summed E-state index contributed by atoms with van der Waals surface area (Å²) in [4.78, 5) is 6.50. The number of allylic oxidation sites excluding steroid dienone is 4. The summed E-state index contributed by atoms with van der Waals surface area (Å²) in [5.41, 5.74) is 2.71. The van der Waals surface area contributed by atoms with Crippen LogP contribution in [-0.4, -0.2) is 23.1 Å². The molecular formula is C18H18ClNS. The molecule has 4 rings (SSSR count). The Morgan fingerprint density at radius 3 is 2.90 bits per heavy atom. The van der Waals surface area contributed by atoms with Gasteiger partial charge >= 0.3 is 0 Å². The van der Waals surface area contributed by atoms with Crippen molar-refractivity contribution in [2.75, 3.05) is 12.0 Å². The van der Waals surface area contributed by atoms with Gasteiger partial charge in [-0.1, -0.05) is 48.0 Å². The van der Waals surface area contributed by atoms with Crippen LogP contribution in [0.3, 0.4) is 0 Å². The molecule has 0 fully saturated rings. The van der Waals surface area contributed by atoms with Crippen molar-refractivity contribution in [3.63, 3.8) is 0 Å². The maximum absolute atomic E-state index is 6.22. The van der Waals surface area contributed by atoms with Crippen molar-refractivity contribution in [1.82, 2.24) is 0 Å². The predicted octanol–water partition coefficient (Wildman–Crippen LogP) is 4.73. The van der Waals surface area contributed by atoms with E-state index in [1.54, 1.807) is 4.86 Å². The zero-order valence-electron chi connectivity index (χ0n) is 12.1. The van der Waals surface area contributed by atoms with Gasteiger partial charge in [0.2, 0.25) is 0 Å². The van der Waals surface area contributed by atoms with Crippen LogP contribution in [0.25, 0.3) is 0 Å². The van der Waals surface area contributed by atoms with Gasteiger partial charge in [-0.3, -0.25) is 4.99 Å². The van der Waals surface area contributed by atoms with E-state index in [9.17, 15) is 0 Å². The number of aliphatic imine (C=N–C) groups is 1. The molecule has 3 aliphatic rings. The fraction of sp³-hybridized carbons (Fsp3) is 0.333. The van der Waals surface area contributed by atoms with Crippen LogP contribution in [0.5, 0.6) is 0 Å². The Morgan fingerprint density at radius 1 is 1.29 bits per heavy atom. The van der Waals surface area contributed by atoms with E-state index in [0.29, 0.717) is 16.4 Å². The first-order valence-electron chi connectivity index (χ1n) is 7.37. The molecule has 21 heavy (non-hydrogen) atoms. The SMILES string of the molecule is CS1=C2C(c3ccccc3)C=NC3=CC(Cl)=CCC32CC1. The Labute approximate surface area is 133 Å². The molecule has 0 N–H and O–H groups in total. The van der Waals surface area contributed by atoms with E-state index < -0.39 is 0 Å². The van der Waals surface area contributed by atoms with Crippen LogP contribution >= 0.6 is 22.1 Å². The Hall–Kier alpha value is -1.12. The lowest BCUT2D eigenvalue weighted by Gasteiger charge is -2.40. The molecule has 0 saturated heterocycles. The van der Waals surface area contributed by atoms with Crippen molar-refractivity contribution >= 4 is 33.2 Å². The van der Waals surface area contributed by atoms with Crippen LogP contribution in [0.1, 0.15) is 24.3 Å². The third-order valence-corrected chi connectivity index (χ3v) is 7.37. The smallest absolute Gasteiger partial charge is 0.0525 e. The standard InChI is InChI=1S/C18H18ClNS/c1-21-10-9-18-8-7-14(19)11-16(18)20-12-15(17(18)21)13-5-3-2-4-6-13/h2-7,11-12,15H,8-10H2,1H3. The Balaban J connectivity index is 1.89. The molecule has 1 aromatic rings. The fourth-order valence-corrected chi connectivity index (χ4v) is 6.49. The average Bonchev–Trinajstić information content (AvgIpc) is 2.85. The summed E-state index contributed by atoms with van der Waals surface area (Å²) < 4.78 is 0. The molecule has 1 aliphatic carbocycles. The zero-order chi connectivity index (χ0) is 14.4. The maximum atomic E-state index is 6.22. The molecule has 0 bridgehead atoms. The lowest BCUT2D eigenvalue weighted by atomic mass is 9.68. The van der Waals surface area contributed by atoms with Gasteiger partial charge in [-0.15, -0.1) is 0 Å². The van der Waals surface area contributed by atoms with Gasteiger partial charge in [0.25, 0.3) is 0 Å². The molecule has 0 amide bonds. The molecule has 3 atom stereocenters. The molecule has 0 radical (unpaired) electrons. The van der Waals surface area contributed by atoms with Gasteiger partial charge in [-0.25, -0.2) is 0 Å². The molecule has 3 unspecified atom stereocenters. The summed E-state index contributed by atoms with van der Waals surface area (Å²) >= 11 is 6.22. The van der Waals surface area contributed by atoms with Crippen LogP contribution < -0.4 is 0 Å². The molecule has 3 heteroatoms. The number of hydrogen-bond acceptors (Lipinski definition) is 1. The number of benzene rings is 1. The Kier molecular flexibility index (Phi) is 3.20. The number of rotatable bonds is 1. The summed E-state index contributed by atoms with van der Waals surface area (Å²) in [6, 6.07) is 10.8. The molecule has 1 spiro atoms. The lowest BCUT2D eigenvalue weighted by Crippen LogP contribution is -2.38. The summed E-state index contributed by atoms with van der Waals surface area (Å²) in [7, 11) is 0.353. The van der Waals surface area contributed by atoms with Crippen LogP contribution in [0.4, 0.5) is 0 Å². The Morgan fingerprint density at radius 2 is 2.10 bits per heavy atom. The van der Waals surface area contributed by atoms with Crippen molar-refractivity contribution in [2.45, 2.75) is 18.8 Å². The maximum Gasteiger partial charge on any atom is 0.0525 e. The third-order valence-electron chi connectivity index (χ3n) is 4.90. The van der Waals surface area contributed by atoms with Crippen molar-refractivity contribution in [3.8, 4) is 0 Å². The third kappa shape index (κ3) is 2.00. The second-order valence-corrected chi connectivity index (χ2v) is 8.59. The molecule has 2 aliphatic heterocycles. The second kappa shape index (κ2) is 4.96. The van der Waals surface area contributed by atoms with Crippen molar-refractivity contribution in [1.29, 1.82) is 0 Å². The largest absolute Gasteiger partial charge is 0.264 e. The van der Waals surface area contributed by atoms with E-state index in [4.69, 9.17) is 16.6 Å². The van der Waals surface area contributed by atoms with Crippen molar-refractivity contribution in [2.24, 2.45) is 10.4 Å². The van der Waals surface area contributed by atoms with Gasteiger partial charge in [0.05, 0.1) is 5.70 Å². The minimum atomic E-state index is 0.144. The van der Waals surface area contributed by atoms with Crippen LogP contribution in [0, 0.1) is 5.41 Å². The molecular weight excluding hydrogens is 298 g/mol. The van der Waals surface area contributed by atoms with Gasteiger partial charge in [-0.05, 0) is 41.4 Å². The van der Waals surface area contributed by atoms with Crippen molar-refractivity contribution < 1.29 is 0 Å². The first-order valence-corrected chi connectivity index (χ1v) is 9.55. The highest BCUT2D eigenvalue weighted by molar-refractivity contribution is 8.15. The van der Waals surface area contributed by atoms with E-state index in [-0.39, 0.29) is 5.41 Å². The number of halogens is 1. The van der Waals surface area contributed by atoms with Gasteiger partial charge in [-0.2, -0.15) is 10.5 Å². The van der Waals surface area contributed by atoms with Gasteiger partial charge in [0, 0.05) is 22.6 Å². The minimum absolute atomic E-state index is 0.144. The molecule has 108 valence electrons. The zero-order valence-corrected chi connectivity index (χ0v) is 13.6. The Bertz CT molecular complexity index is 714. The molecule has 0 saturated carbocycles.